The molecule has 0 aromatic heterocycles. The van der Waals surface area contributed by atoms with Crippen LogP contribution in [0.5, 0.6) is 0 Å². The van der Waals surface area contributed by atoms with Crippen LogP contribution in [0.1, 0.15) is 158 Å². The monoisotopic (exact) mass is 422 g/mol. The first-order chi connectivity index (χ1) is 14.5. The molecule has 0 aromatic carbocycles. The molecule has 0 heteroatoms. The van der Waals surface area contributed by atoms with E-state index >= 15 is 0 Å². The molecular formula is C30H62. The van der Waals surface area contributed by atoms with Gasteiger partial charge >= 0.3 is 0 Å². The Morgan fingerprint density at radius 2 is 0.633 bits per heavy atom. The first-order valence-electron chi connectivity index (χ1n) is 14.5. The van der Waals surface area contributed by atoms with Gasteiger partial charge in [-0.05, 0) is 67.6 Å². The summed E-state index contributed by atoms with van der Waals surface area (Å²) in [5.74, 6) is 5.75. The first-order valence-corrected chi connectivity index (χ1v) is 14.5. The van der Waals surface area contributed by atoms with Crippen LogP contribution < -0.4 is 0 Å². The number of hydrogen-bond donors (Lipinski definition) is 0. The summed E-state index contributed by atoms with van der Waals surface area (Å²) in [6.45, 7) is 19.3. The van der Waals surface area contributed by atoms with Crippen LogP contribution in [0.2, 0.25) is 0 Å². The Hall–Kier alpha value is 0. The minimum atomic E-state index is 0.949. The molecule has 0 N–H and O–H groups in total. The standard InChI is InChI=1S/C30H62/c1-9-17-18-19-28(16-8)23-30(22-27(14-6)15-7)24-29(20-25(10-2)11-3)21-26(12-4)13-5/h25-30H,9-24H2,1-8H3. The SMILES string of the molecule is CCCCCC(CC)CC(CC(CC)CC)CC(CC(CC)CC)CC(CC)CC. The Labute approximate surface area is 193 Å². The number of unbranched alkanes of at least 4 members (excludes halogenated alkanes) is 2. The molecule has 30 heavy (non-hydrogen) atoms. The lowest BCUT2D eigenvalue weighted by molar-refractivity contribution is 0.193. The van der Waals surface area contributed by atoms with Crippen LogP contribution >= 0.6 is 0 Å². The van der Waals surface area contributed by atoms with Crippen molar-refractivity contribution in [2.75, 3.05) is 0 Å². The molecular weight excluding hydrogens is 360 g/mol. The molecule has 0 saturated heterocycles. The Morgan fingerprint density at radius 1 is 0.333 bits per heavy atom. The van der Waals surface area contributed by atoms with Crippen molar-refractivity contribution < 1.29 is 0 Å². The molecule has 0 aromatic rings. The smallest absolute Gasteiger partial charge is 0.0406 e. The molecule has 2 atom stereocenters. The zero-order chi connectivity index (χ0) is 22.8. The summed E-state index contributed by atoms with van der Waals surface area (Å²) in [7, 11) is 0. The van der Waals surface area contributed by atoms with Crippen LogP contribution in [0, 0.1) is 35.5 Å². The van der Waals surface area contributed by atoms with Gasteiger partial charge in [0.05, 0.1) is 0 Å². The van der Waals surface area contributed by atoms with Crippen LogP contribution in [0.3, 0.4) is 0 Å². The molecule has 182 valence electrons. The topological polar surface area (TPSA) is 0 Å². The molecule has 0 bridgehead atoms. The molecule has 0 rings (SSSR count). The second-order valence-electron chi connectivity index (χ2n) is 10.7. The summed E-state index contributed by atoms with van der Waals surface area (Å²) in [5, 5.41) is 0. The Balaban J connectivity index is 5.32. The van der Waals surface area contributed by atoms with E-state index in [2.05, 4.69) is 55.4 Å². The lowest BCUT2D eigenvalue weighted by Crippen LogP contribution is -2.20. The molecule has 0 radical (unpaired) electrons. The Kier molecular flexibility index (Phi) is 19.7. The van der Waals surface area contributed by atoms with Crippen molar-refractivity contribution in [1.82, 2.24) is 0 Å². The molecule has 0 saturated carbocycles. The highest BCUT2D eigenvalue weighted by Gasteiger charge is 2.25. The van der Waals surface area contributed by atoms with Crippen LogP contribution in [-0.4, -0.2) is 0 Å². The molecule has 0 spiro atoms. The number of rotatable bonds is 21. The van der Waals surface area contributed by atoms with Gasteiger partial charge in [0.1, 0.15) is 0 Å². The van der Waals surface area contributed by atoms with Gasteiger partial charge < -0.3 is 0 Å². The minimum absolute atomic E-state index is 0.949. The van der Waals surface area contributed by atoms with E-state index in [1.54, 1.807) is 0 Å². The van der Waals surface area contributed by atoms with E-state index in [4.69, 9.17) is 0 Å². The lowest BCUT2D eigenvalue weighted by Gasteiger charge is -2.32. The number of hydrogen-bond acceptors (Lipinski definition) is 0. The van der Waals surface area contributed by atoms with E-state index in [1.807, 2.05) is 0 Å². The van der Waals surface area contributed by atoms with Gasteiger partial charge in [0.25, 0.3) is 0 Å². The summed E-state index contributed by atoms with van der Waals surface area (Å²) in [6, 6.07) is 0. The lowest BCUT2D eigenvalue weighted by atomic mass is 9.73. The summed E-state index contributed by atoms with van der Waals surface area (Å²) < 4.78 is 0. The molecule has 0 aliphatic rings. The van der Waals surface area contributed by atoms with Crippen molar-refractivity contribution in [3.05, 3.63) is 0 Å². The van der Waals surface area contributed by atoms with Gasteiger partial charge in [-0.15, -0.1) is 0 Å². The fourth-order valence-corrected chi connectivity index (χ4v) is 5.97. The Morgan fingerprint density at radius 3 is 0.933 bits per heavy atom. The van der Waals surface area contributed by atoms with Crippen LogP contribution in [0.15, 0.2) is 0 Å². The first kappa shape index (κ1) is 30.0. The van der Waals surface area contributed by atoms with Gasteiger partial charge in [0, 0.05) is 0 Å². The molecule has 2 unspecified atom stereocenters. The van der Waals surface area contributed by atoms with Gasteiger partial charge in [0.15, 0.2) is 0 Å². The minimum Gasteiger partial charge on any atom is -0.0654 e. The Bertz CT molecular complexity index is 320. The second-order valence-corrected chi connectivity index (χ2v) is 10.7. The predicted octanol–water partition coefficient (Wildman–Crippen LogP) is 11.1. The van der Waals surface area contributed by atoms with Crippen molar-refractivity contribution in [2.45, 2.75) is 158 Å². The van der Waals surface area contributed by atoms with Gasteiger partial charge in [-0.3, -0.25) is 0 Å². The van der Waals surface area contributed by atoms with Gasteiger partial charge in [0.2, 0.25) is 0 Å². The van der Waals surface area contributed by atoms with Gasteiger partial charge in [-0.25, -0.2) is 0 Å². The van der Waals surface area contributed by atoms with Gasteiger partial charge in [-0.2, -0.15) is 0 Å². The summed E-state index contributed by atoms with van der Waals surface area (Å²) in [4.78, 5) is 0. The average Bonchev–Trinajstić information content (AvgIpc) is 2.77. The third-order valence-corrected chi connectivity index (χ3v) is 8.59. The highest BCUT2D eigenvalue weighted by atomic mass is 14.3. The summed E-state index contributed by atoms with van der Waals surface area (Å²) in [6.07, 6.45) is 22.9. The van der Waals surface area contributed by atoms with Crippen LogP contribution in [0.25, 0.3) is 0 Å². The quantitative estimate of drug-likeness (QED) is 0.161. The molecule has 0 amide bonds. The largest absolute Gasteiger partial charge is 0.0654 e. The predicted molar refractivity (Wildman–Crippen MR) is 140 cm³/mol. The molecule has 0 heterocycles. The third kappa shape index (κ3) is 13.4. The fourth-order valence-electron chi connectivity index (χ4n) is 5.97. The van der Waals surface area contributed by atoms with Crippen molar-refractivity contribution in [3.63, 3.8) is 0 Å². The average molecular weight is 423 g/mol. The fraction of sp³-hybridized carbons (Fsp3) is 1.00. The van der Waals surface area contributed by atoms with Crippen molar-refractivity contribution in [2.24, 2.45) is 35.5 Å². The maximum Gasteiger partial charge on any atom is -0.0406 e. The van der Waals surface area contributed by atoms with Crippen molar-refractivity contribution in [1.29, 1.82) is 0 Å². The highest BCUT2D eigenvalue weighted by molar-refractivity contribution is 4.77. The van der Waals surface area contributed by atoms with E-state index < -0.39 is 0 Å². The van der Waals surface area contributed by atoms with E-state index in [0.717, 1.165) is 35.5 Å². The molecule has 0 fully saturated rings. The summed E-state index contributed by atoms with van der Waals surface area (Å²) in [5.41, 5.74) is 0. The molecule has 0 aliphatic heterocycles. The zero-order valence-corrected chi connectivity index (χ0v) is 22.8. The highest BCUT2D eigenvalue weighted by Crippen LogP contribution is 2.37. The van der Waals surface area contributed by atoms with Crippen molar-refractivity contribution >= 4 is 0 Å². The zero-order valence-electron chi connectivity index (χ0n) is 22.8. The van der Waals surface area contributed by atoms with E-state index in [9.17, 15) is 0 Å². The molecule has 0 aliphatic carbocycles. The normalized spacial score (nSPS) is 14.4. The van der Waals surface area contributed by atoms with E-state index in [1.165, 1.54) is 103 Å². The van der Waals surface area contributed by atoms with Crippen LogP contribution in [-0.2, 0) is 0 Å². The van der Waals surface area contributed by atoms with Crippen molar-refractivity contribution in [3.8, 4) is 0 Å². The maximum absolute atomic E-state index is 2.46. The van der Waals surface area contributed by atoms with Gasteiger partial charge in [-0.1, -0.05) is 126 Å². The third-order valence-electron chi connectivity index (χ3n) is 8.59. The summed E-state index contributed by atoms with van der Waals surface area (Å²) >= 11 is 0. The van der Waals surface area contributed by atoms with E-state index in [0.29, 0.717) is 0 Å². The van der Waals surface area contributed by atoms with E-state index in [-0.39, 0.29) is 0 Å². The van der Waals surface area contributed by atoms with Crippen LogP contribution in [0.4, 0.5) is 0 Å². The maximum atomic E-state index is 2.46. The molecule has 0 nitrogen and oxygen atoms in total. The second kappa shape index (κ2) is 19.7.